The van der Waals surface area contributed by atoms with Gasteiger partial charge in [-0.3, -0.25) is 14.6 Å². The van der Waals surface area contributed by atoms with Gasteiger partial charge in [-0.15, -0.1) is 0 Å². The summed E-state index contributed by atoms with van der Waals surface area (Å²) in [6.07, 6.45) is 3.29. The number of rotatable bonds is 7. The Kier molecular flexibility index (Phi) is 7.24. The molecule has 1 saturated heterocycles. The summed E-state index contributed by atoms with van der Waals surface area (Å²) in [5.74, 6) is -1.06. The van der Waals surface area contributed by atoms with E-state index in [2.05, 4.69) is 11.1 Å². The zero-order chi connectivity index (χ0) is 26.6. The summed E-state index contributed by atoms with van der Waals surface area (Å²) in [4.78, 5) is 32.0. The number of pyridine rings is 1. The Balaban J connectivity index is 1.47. The molecule has 1 atom stereocenters. The first kappa shape index (κ1) is 25.2. The number of halogens is 1. The number of benzene rings is 3. The highest BCUT2D eigenvalue weighted by Crippen LogP contribution is 2.40. The van der Waals surface area contributed by atoms with Crippen LogP contribution in [-0.4, -0.2) is 26.7 Å². The number of carbonyl (C=O) groups excluding carboxylic acids is 2. The fourth-order valence-electron chi connectivity index (χ4n) is 4.56. The van der Waals surface area contributed by atoms with E-state index in [1.165, 1.54) is 4.90 Å². The molecule has 2 heterocycles. The molecule has 0 spiro atoms. The van der Waals surface area contributed by atoms with Crippen molar-refractivity contribution < 1.29 is 19.4 Å². The standard InChI is InChI=1S/C31H25ClN2O4/c1-20-4-2-5-21(16-20)19-38-26-13-9-24(10-14-26)29(35)27-28(23-7-11-25(32)12-8-23)34(31(37)30(27)36)18-22-6-3-15-33-17-22/h2-17,28,35H,18-19H2,1H3/b29-27+/t28-/m1/s1. The lowest BCUT2D eigenvalue weighted by molar-refractivity contribution is -0.140. The normalized spacial score (nSPS) is 16.6. The Morgan fingerprint density at radius 1 is 0.974 bits per heavy atom. The van der Waals surface area contributed by atoms with Gasteiger partial charge < -0.3 is 14.7 Å². The molecule has 1 aromatic heterocycles. The second-order valence-corrected chi connectivity index (χ2v) is 9.58. The van der Waals surface area contributed by atoms with E-state index < -0.39 is 17.7 Å². The average molecular weight is 525 g/mol. The fraction of sp³-hybridized carbons (Fsp3) is 0.129. The van der Waals surface area contributed by atoms with Crippen molar-refractivity contribution in [1.29, 1.82) is 0 Å². The number of carbonyl (C=O) groups is 2. The van der Waals surface area contributed by atoms with Crippen molar-refractivity contribution in [2.75, 3.05) is 0 Å². The summed E-state index contributed by atoms with van der Waals surface area (Å²) >= 11 is 6.09. The third-order valence-corrected chi connectivity index (χ3v) is 6.67. The van der Waals surface area contributed by atoms with E-state index in [0.29, 0.717) is 28.5 Å². The Bertz CT molecular complexity index is 1500. The SMILES string of the molecule is Cc1cccc(COc2ccc(/C(O)=C3\C(=O)C(=O)N(Cc4cccnc4)[C@@H]3c3ccc(Cl)cc3)cc2)c1. The van der Waals surface area contributed by atoms with Gasteiger partial charge in [0.1, 0.15) is 18.1 Å². The van der Waals surface area contributed by atoms with Gasteiger partial charge in [-0.1, -0.05) is 59.6 Å². The Morgan fingerprint density at radius 2 is 1.71 bits per heavy atom. The molecule has 1 N–H and O–H groups in total. The molecular formula is C31H25ClN2O4. The number of ether oxygens (including phenoxy) is 1. The first-order chi connectivity index (χ1) is 18.4. The van der Waals surface area contributed by atoms with Crippen molar-refractivity contribution in [3.05, 3.63) is 136 Å². The number of hydrogen-bond acceptors (Lipinski definition) is 5. The first-order valence-electron chi connectivity index (χ1n) is 12.1. The lowest BCUT2D eigenvalue weighted by Gasteiger charge is -2.25. The summed E-state index contributed by atoms with van der Waals surface area (Å²) in [5, 5.41) is 11.8. The number of aliphatic hydroxyl groups is 1. The lowest BCUT2D eigenvalue weighted by atomic mass is 9.95. The molecule has 38 heavy (non-hydrogen) atoms. The van der Waals surface area contributed by atoms with Crippen LogP contribution in [0, 0.1) is 6.92 Å². The van der Waals surface area contributed by atoms with Crippen LogP contribution in [0.15, 0.2) is 103 Å². The molecule has 1 fully saturated rings. The van der Waals surface area contributed by atoms with Crippen LogP contribution in [0.25, 0.3) is 5.76 Å². The van der Waals surface area contributed by atoms with Gasteiger partial charge in [-0.2, -0.15) is 0 Å². The van der Waals surface area contributed by atoms with Crippen molar-refractivity contribution in [3.63, 3.8) is 0 Å². The van der Waals surface area contributed by atoms with Crippen LogP contribution in [0.2, 0.25) is 5.02 Å². The van der Waals surface area contributed by atoms with Crippen LogP contribution in [-0.2, 0) is 22.7 Å². The van der Waals surface area contributed by atoms with Crippen molar-refractivity contribution in [2.45, 2.75) is 26.1 Å². The van der Waals surface area contributed by atoms with E-state index in [9.17, 15) is 14.7 Å². The number of aryl methyl sites for hydroxylation is 1. The van der Waals surface area contributed by atoms with Gasteiger partial charge in [-0.05, 0) is 66.1 Å². The number of aromatic nitrogens is 1. The minimum absolute atomic E-state index is 0.0228. The maximum Gasteiger partial charge on any atom is 0.295 e. The van der Waals surface area contributed by atoms with E-state index in [1.54, 1.807) is 67.0 Å². The maximum atomic E-state index is 13.2. The Hall–Kier alpha value is -4.42. The second-order valence-electron chi connectivity index (χ2n) is 9.14. The second kappa shape index (κ2) is 10.9. The molecule has 0 saturated carbocycles. The zero-order valence-electron chi connectivity index (χ0n) is 20.7. The molecule has 0 aliphatic carbocycles. The summed E-state index contributed by atoms with van der Waals surface area (Å²) in [5.41, 5.74) is 4.07. The summed E-state index contributed by atoms with van der Waals surface area (Å²) in [6.45, 7) is 2.59. The van der Waals surface area contributed by atoms with Crippen LogP contribution in [0.3, 0.4) is 0 Å². The number of ketones is 1. The third-order valence-electron chi connectivity index (χ3n) is 6.42. The van der Waals surface area contributed by atoms with Gasteiger partial charge in [0, 0.05) is 29.5 Å². The van der Waals surface area contributed by atoms with E-state index in [1.807, 2.05) is 31.2 Å². The molecule has 4 aromatic rings. The van der Waals surface area contributed by atoms with E-state index >= 15 is 0 Å². The predicted octanol–water partition coefficient (Wildman–Crippen LogP) is 6.24. The largest absolute Gasteiger partial charge is 0.507 e. The molecule has 1 amide bonds. The topological polar surface area (TPSA) is 79.7 Å². The molecule has 7 heteroatoms. The molecule has 0 radical (unpaired) electrons. The molecule has 5 rings (SSSR count). The molecule has 0 bridgehead atoms. The van der Waals surface area contributed by atoms with Crippen LogP contribution >= 0.6 is 11.6 Å². The lowest BCUT2D eigenvalue weighted by Crippen LogP contribution is -2.29. The highest BCUT2D eigenvalue weighted by atomic mass is 35.5. The minimum Gasteiger partial charge on any atom is -0.507 e. The van der Waals surface area contributed by atoms with Gasteiger partial charge in [0.2, 0.25) is 0 Å². The minimum atomic E-state index is -0.787. The predicted molar refractivity (Wildman–Crippen MR) is 145 cm³/mol. The molecule has 1 aliphatic heterocycles. The number of aliphatic hydroxyl groups excluding tert-OH is 1. The van der Waals surface area contributed by atoms with Gasteiger partial charge in [0.15, 0.2) is 0 Å². The van der Waals surface area contributed by atoms with E-state index in [-0.39, 0.29) is 17.9 Å². The molecular weight excluding hydrogens is 500 g/mol. The van der Waals surface area contributed by atoms with Crippen LogP contribution in [0.5, 0.6) is 5.75 Å². The monoisotopic (exact) mass is 524 g/mol. The van der Waals surface area contributed by atoms with Gasteiger partial charge in [0.25, 0.3) is 11.7 Å². The number of hydrogen-bond donors (Lipinski definition) is 1. The van der Waals surface area contributed by atoms with E-state index in [4.69, 9.17) is 16.3 Å². The maximum absolute atomic E-state index is 13.2. The van der Waals surface area contributed by atoms with Crippen LogP contribution in [0.1, 0.15) is 33.9 Å². The third kappa shape index (κ3) is 5.31. The van der Waals surface area contributed by atoms with Gasteiger partial charge >= 0.3 is 0 Å². The molecule has 1 aliphatic rings. The van der Waals surface area contributed by atoms with Crippen molar-refractivity contribution >= 4 is 29.1 Å². The summed E-state index contributed by atoms with van der Waals surface area (Å²) in [7, 11) is 0. The van der Waals surface area contributed by atoms with Gasteiger partial charge in [0.05, 0.1) is 11.6 Å². The zero-order valence-corrected chi connectivity index (χ0v) is 21.4. The first-order valence-corrected chi connectivity index (χ1v) is 12.5. The van der Waals surface area contributed by atoms with Crippen molar-refractivity contribution in [1.82, 2.24) is 9.88 Å². The van der Waals surface area contributed by atoms with Crippen molar-refractivity contribution in [2.24, 2.45) is 0 Å². The Labute approximate surface area is 225 Å². The van der Waals surface area contributed by atoms with Crippen LogP contribution < -0.4 is 4.74 Å². The highest BCUT2D eigenvalue weighted by molar-refractivity contribution is 6.46. The highest BCUT2D eigenvalue weighted by Gasteiger charge is 2.46. The molecule has 6 nitrogen and oxygen atoms in total. The number of amides is 1. The van der Waals surface area contributed by atoms with Crippen LogP contribution in [0.4, 0.5) is 0 Å². The summed E-state index contributed by atoms with van der Waals surface area (Å²) in [6, 6.07) is 24.6. The quantitative estimate of drug-likeness (QED) is 0.176. The fourth-order valence-corrected chi connectivity index (χ4v) is 4.68. The number of likely N-dealkylation sites (tertiary alicyclic amines) is 1. The number of nitrogens with zero attached hydrogens (tertiary/aromatic N) is 2. The van der Waals surface area contributed by atoms with Crippen molar-refractivity contribution in [3.8, 4) is 5.75 Å². The number of Topliss-reactive ketones (excluding diaryl/α,β-unsaturated/α-hetero) is 1. The Morgan fingerprint density at radius 3 is 2.39 bits per heavy atom. The molecule has 3 aromatic carbocycles. The average Bonchev–Trinajstić information content (AvgIpc) is 3.18. The van der Waals surface area contributed by atoms with E-state index in [0.717, 1.165) is 16.7 Å². The molecule has 190 valence electrons. The summed E-state index contributed by atoms with van der Waals surface area (Å²) < 4.78 is 5.89. The molecule has 0 unspecified atom stereocenters. The smallest absolute Gasteiger partial charge is 0.295 e. The van der Waals surface area contributed by atoms with Gasteiger partial charge in [-0.25, -0.2) is 0 Å².